The zero-order valence-corrected chi connectivity index (χ0v) is 13.0. The molecule has 0 fully saturated rings. The third-order valence-electron chi connectivity index (χ3n) is 2.69. The van der Waals surface area contributed by atoms with Gasteiger partial charge < -0.3 is 15.2 Å². The minimum atomic E-state index is -1.28. The Hall–Kier alpha value is -1.66. The molecule has 6 heteroatoms. The molecule has 0 saturated heterocycles. The lowest BCUT2D eigenvalue weighted by Gasteiger charge is -2.18. The van der Waals surface area contributed by atoms with E-state index in [4.69, 9.17) is 0 Å². The van der Waals surface area contributed by atoms with E-state index in [9.17, 15) is 14.7 Å². The summed E-state index contributed by atoms with van der Waals surface area (Å²) in [5.41, 5.74) is 0.0558. The second-order valence-electron chi connectivity index (χ2n) is 5.32. The van der Waals surface area contributed by atoms with Crippen molar-refractivity contribution in [3.05, 3.63) is 28.5 Å². The van der Waals surface area contributed by atoms with Gasteiger partial charge in [0, 0.05) is 26.8 Å². The van der Waals surface area contributed by atoms with Gasteiger partial charge in [-0.3, -0.25) is 4.79 Å². The third-order valence-corrected chi connectivity index (χ3v) is 4.49. The predicted octanol–water partition coefficient (Wildman–Crippen LogP) is 2.82. The monoisotopic (exact) mass is 308 g/mol. The first-order chi connectivity index (χ1) is 9.30. The number of anilines is 1. The molecule has 0 bridgehead atoms. The molecule has 0 aliphatic carbocycles. The lowest BCUT2D eigenvalue weighted by molar-refractivity contribution is -0.254. The molecular formula is C14H14NO3S2-. The summed E-state index contributed by atoms with van der Waals surface area (Å²) in [7, 11) is 0. The van der Waals surface area contributed by atoms with Crippen LogP contribution in [-0.2, 0) is 4.79 Å². The van der Waals surface area contributed by atoms with Crippen LogP contribution >= 0.6 is 22.7 Å². The van der Waals surface area contributed by atoms with Crippen molar-refractivity contribution in [2.75, 3.05) is 5.32 Å². The SMILES string of the molecule is CC(C)(C)C(=O)Nc1scc(-c2cccs2)c1C(=O)[O-]. The number of hydrogen-bond acceptors (Lipinski definition) is 5. The van der Waals surface area contributed by atoms with Gasteiger partial charge in [0.1, 0.15) is 5.00 Å². The molecule has 4 nitrogen and oxygen atoms in total. The Morgan fingerprint density at radius 1 is 1.25 bits per heavy atom. The molecule has 0 aromatic carbocycles. The van der Waals surface area contributed by atoms with Crippen molar-refractivity contribution >= 4 is 39.6 Å². The number of carbonyl (C=O) groups is 2. The molecule has 0 radical (unpaired) electrons. The van der Waals surface area contributed by atoms with E-state index in [1.165, 1.54) is 22.7 Å². The summed E-state index contributed by atoms with van der Waals surface area (Å²) in [6.45, 7) is 5.32. The van der Waals surface area contributed by atoms with Crippen LogP contribution in [0.2, 0.25) is 0 Å². The molecule has 0 spiro atoms. The Morgan fingerprint density at radius 3 is 2.45 bits per heavy atom. The van der Waals surface area contributed by atoms with Gasteiger partial charge in [0.25, 0.3) is 0 Å². The lowest BCUT2D eigenvalue weighted by atomic mass is 9.96. The fourth-order valence-electron chi connectivity index (χ4n) is 1.56. The van der Waals surface area contributed by atoms with Gasteiger partial charge in [-0.25, -0.2) is 0 Å². The molecule has 0 unspecified atom stereocenters. The number of thiophene rings is 2. The van der Waals surface area contributed by atoms with E-state index in [1.54, 1.807) is 26.2 Å². The van der Waals surface area contributed by atoms with Crippen molar-refractivity contribution < 1.29 is 14.7 Å². The summed E-state index contributed by atoms with van der Waals surface area (Å²) in [4.78, 5) is 24.2. The van der Waals surface area contributed by atoms with E-state index in [2.05, 4.69) is 5.32 Å². The molecule has 1 amide bonds. The molecule has 20 heavy (non-hydrogen) atoms. The fourth-order valence-corrected chi connectivity index (χ4v) is 3.32. The van der Waals surface area contributed by atoms with E-state index >= 15 is 0 Å². The van der Waals surface area contributed by atoms with Crippen LogP contribution in [0.5, 0.6) is 0 Å². The van der Waals surface area contributed by atoms with Crippen LogP contribution in [0.25, 0.3) is 10.4 Å². The molecule has 0 atom stereocenters. The molecule has 2 aromatic rings. The average molecular weight is 308 g/mol. The summed E-state index contributed by atoms with van der Waals surface area (Å²) < 4.78 is 0. The number of carboxylic acid groups (broad SMARTS) is 1. The Kier molecular flexibility index (Phi) is 3.96. The van der Waals surface area contributed by atoms with Crippen LogP contribution in [0.1, 0.15) is 31.1 Å². The normalized spacial score (nSPS) is 11.3. The van der Waals surface area contributed by atoms with E-state index < -0.39 is 11.4 Å². The zero-order valence-electron chi connectivity index (χ0n) is 11.4. The first-order valence-corrected chi connectivity index (χ1v) is 7.75. The van der Waals surface area contributed by atoms with E-state index in [0.717, 1.165) is 4.88 Å². The Labute approximate surface area is 125 Å². The number of rotatable bonds is 3. The first kappa shape index (κ1) is 14.7. The highest BCUT2D eigenvalue weighted by Crippen LogP contribution is 2.37. The van der Waals surface area contributed by atoms with Gasteiger partial charge in [-0.15, -0.1) is 22.7 Å². The van der Waals surface area contributed by atoms with Crippen LogP contribution in [0, 0.1) is 5.41 Å². The van der Waals surface area contributed by atoms with Crippen molar-refractivity contribution in [2.45, 2.75) is 20.8 Å². The minimum Gasteiger partial charge on any atom is -0.545 e. The maximum absolute atomic E-state index is 12.0. The summed E-state index contributed by atoms with van der Waals surface area (Å²) in [6, 6.07) is 3.69. The Balaban J connectivity index is 2.41. The standard InChI is InChI=1S/C14H15NO3S2/c1-14(2,3)13(18)15-11-10(12(16)17)8(7-20-11)9-5-4-6-19-9/h4-7H,1-3H3,(H,15,18)(H,16,17)/p-1. The van der Waals surface area contributed by atoms with Gasteiger partial charge in [0.15, 0.2) is 0 Å². The van der Waals surface area contributed by atoms with Gasteiger partial charge in [0.2, 0.25) is 5.91 Å². The zero-order chi connectivity index (χ0) is 14.9. The summed E-state index contributed by atoms with van der Waals surface area (Å²) in [5, 5.41) is 18.0. The molecule has 2 rings (SSSR count). The van der Waals surface area contributed by atoms with Crippen molar-refractivity contribution in [3.63, 3.8) is 0 Å². The van der Waals surface area contributed by atoms with Crippen LogP contribution in [-0.4, -0.2) is 11.9 Å². The van der Waals surface area contributed by atoms with Crippen molar-refractivity contribution in [3.8, 4) is 10.4 Å². The summed E-state index contributed by atoms with van der Waals surface area (Å²) in [5.74, 6) is -1.50. The lowest BCUT2D eigenvalue weighted by Crippen LogP contribution is -2.29. The van der Waals surface area contributed by atoms with Gasteiger partial charge in [0.05, 0.1) is 5.97 Å². The quantitative estimate of drug-likeness (QED) is 0.948. The molecule has 106 valence electrons. The minimum absolute atomic E-state index is 0.0510. The van der Waals surface area contributed by atoms with Gasteiger partial charge >= 0.3 is 0 Å². The topological polar surface area (TPSA) is 69.2 Å². The first-order valence-electron chi connectivity index (χ1n) is 5.99. The molecule has 1 N–H and O–H groups in total. The molecule has 0 aliphatic rings. The van der Waals surface area contributed by atoms with E-state index in [0.29, 0.717) is 10.6 Å². The molecule has 2 heterocycles. The largest absolute Gasteiger partial charge is 0.545 e. The van der Waals surface area contributed by atoms with Gasteiger partial charge in [-0.2, -0.15) is 0 Å². The number of carboxylic acids is 1. The maximum Gasteiger partial charge on any atom is 0.230 e. The molecule has 0 saturated carbocycles. The van der Waals surface area contributed by atoms with Gasteiger partial charge in [-0.1, -0.05) is 26.8 Å². The van der Waals surface area contributed by atoms with E-state index in [1.807, 2.05) is 17.5 Å². The van der Waals surface area contributed by atoms with Crippen LogP contribution < -0.4 is 10.4 Å². The summed E-state index contributed by atoms with van der Waals surface area (Å²) in [6.07, 6.45) is 0. The van der Waals surface area contributed by atoms with Gasteiger partial charge in [-0.05, 0) is 11.4 Å². The highest BCUT2D eigenvalue weighted by Gasteiger charge is 2.24. The molecule has 2 aromatic heterocycles. The fraction of sp³-hybridized carbons (Fsp3) is 0.286. The second-order valence-corrected chi connectivity index (χ2v) is 7.15. The summed E-state index contributed by atoms with van der Waals surface area (Å²) >= 11 is 2.65. The number of nitrogens with one attached hydrogen (secondary N) is 1. The molecule has 0 aliphatic heterocycles. The third kappa shape index (κ3) is 2.91. The van der Waals surface area contributed by atoms with Crippen LogP contribution in [0.3, 0.4) is 0 Å². The Morgan fingerprint density at radius 2 is 1.95 bits per heavy atom. The number of carbonyl (C=O) groups excluding carboxylic acids is 2. The number of aromatic carboxylic acids is 1. The number of hydrogen-bond donors (Lipinski definition) is 1. The molecular weight excluding hydrogens is 294 g/mol. The highest BCUT2D eigenvalue weighted by molar-refractivity contribution is 7.17. The van der Waals surface area contributed by atoms with Crippen molar-refractivity contribution in [1.82, 2.24) is 0 Å². The predicted molar refractivity (Wildman–Crippen MR) is 80.0 cm³/mol. The highest BCUT2D eigenvalue weighted by atomic mass is 32.1. The second kappa shape index (κ2) is 5.38. The van der Waals surface area contributed by atoms with Crippen LogP contribution in [0.4, 0.5) is 5.00 Å². The average Bonchev–Trinajstić information content (AvgIpc) is 2.94. The van der Waals surface area contributed by atoms with E-state index in [-0.39, 0.29) is 11.5 Å². The van der Waals surface area contributed by atoms with Crippen LogP contribution in [0.15, 0.2) is 22.9 Å². The van der Waals surface area contributed by atoms with Crippen molar-refractivity contribution in [1.29, 1.82) is 0 Å². The number of amides is 1. The smallest absolute Gasteiger partial charge is 0.230 e. The maximum atomic E-state index is 12.0. The Bertz CT molecular complexity index is 636. The van der Waals surface area contributed by atoms with Crippen molar-refractivity contribution in [2.24, 2.45) is 5.41 Å².